The summed E-state index contributed by atoms with van der Waals surface area (Å²) >= 11 is 0. The third-order valence-electron chi connectivity index (χ3n) is 1.00. The lowest BCUT2D eigenvalue weighted by atomic mass is 10.6. The summed E-state index contributed by atoms with van der Waals surface area (Å²) in [7, 11) is -3.51. The fraction of sp³-hybridized carbons (Fsp3) is 0.500. The zero-order chi connectivity index (χ0) is 11.4. The van der Waals surface area contributed by atoms with Crippen molar-refractivity contribution in [3.8, 4) is 0 Å². The average Bonchev–Trinajstić information content (AvgIpc) is 1.99. The molecule has 0 amide bonds. The summed E-state index contributed by atoms with van der Waals surface area (Å²) in [5, 5.41) is 6.85. The van der Waals surface area contributed by atoms with Crippen molar-refractivity contribution in [3.05, 3.63) is 0 Å². The van der Waals surface area contributed by atoms with Gasteiger partial charge in [0.05, 0.1) is 0 Å². The Kier molecular flexibility index (Phi) is 4.51. The minimum atomic E-state index is -4.83. The van der Waals surface area contributed by atoms with Crippen LogP contribution in [0.5, 0.6) is 0 Å². The fourth-order valence-corrected chi connectivity index (χ4v) is 0.576. The molecular weight excluding hydrogens is 217 g/mol. The molecule has 0 unspecified atom stereocenters. The standard InChI is InChI=1S/C4H10N3O6P/c1-7(4(5)6)2-3(8)12-13-14(9,10)11/h2H2,1H3,(H3,5,6)(H2,9,10,11). The van der Waals surface area contributed by atoms with Gasteiger partial charge in [0.2, 0.25) is 0 Å². The summed E-state index contributed by atoms with van der Waals surface area (Å²) in [5.74, 6) is -1.47. The van der Waals surface area contributed by atoms with Crippen molar-refractivity contribution < 1.29 is 28.7 Å². The Hall–Kier alpha value is -1.15. The molecular formula is C4H10N3O6P. The van der Waals surface area contributed by atoms with Gasteiger partial charge in [-0.2, -0.15) is 0 Å². The number of carbonyl (C=O) groups excluding carboxylic acids is 1. The third kappa shape index (κ3) is 6.38. The summed E-state index contributed by atoms with van der Waals surface area (Å²) in [5.41, 5.74) is 4.97. The molecule has 0 bridgehead atoms. The predicted molar refractivity (Wildman–Crippen MR) is 43.8 cm³/mol. The average molecular weight is 227 g/mol. The van der Waals surface area contributed by atoms with Crippen LogP contribution < -0.4 is 5.73 Å². The first kappa shape index (κ1) is 12.8. The zero-order valence-corrected chi connectivity index (χ0v) is 8.10. The van der Waals surface area contributed by atoms with Crippen LogP contribution in [-0.2, 0) is 18.9 Å². The van der Waals surface area contributed by atoms with E-state index in [-0.39, 0.29) is 0 Å². The Morgan fingerprint density at radius 1 is 1.64 bits per heavy atom. The van der Waals surface area contributed by atoms with Crippen LogP contribution in [0.3, 0.4) is 0 Å². The van der Waals surface area contributed by atoms with Crippen molar-refractivity contribution in [1.29, 1.82) is 5.41 Å². The van der Waals surface area contributed by atoms with E-state index < -0.39 is 26.3 Å². The van der Waals surface area contributed by atoms with Crippen LogP contribution in [0.1, 0.15) is 0 Å². The molecule has 0 rings (SSSR count). The Balaban J connectivity index is 3.89. The van der Waals surface area contributed by atoms with Crippen LogP contribution >= 0.6 is 7.82 Å². The lowest BCUT2D eigenvalue weighted by Crippen LogP contribution is -2.37. The number of nitrogens with one attached hydrogen (secondary N) is 1. The van der Waals surface area contributed by atoms with Gasteiger partial charge in [0.1, 0.15) is 6.54 Å². The van der Waals surface area contributed by atoms with Crippen molar-refractivity contribution >= 4 is 19.8 Å². The minimum Gasteiger partial charge on any atom is -0.370 e. The van der Waals surface area contributed by atoms with Crippen LogP contribution in [-0.4, -0.2) is 40.2 Å². The Labute approximate surface area is 79.1 Å². The smallest absolute Gasteiger partial charge is 0.370 e. The number of phosphoric acid groups is 1. The first-order chi connectivity index (χ1) is 6.22. The monoisotopic (exact) mass is 227 g/mol. The molecule has 82 valence electrons. The summed E-state index contributed by atoms with van der Waals surface area (Å²) in [4.78, 5) is 31.7. The van der Waals surface area contributed by atoms with E-state index in [1.165, 1.54) is 7.05 Å². The molecule has 9 nitrogen and oxygen atoms in total. The van der Waals surface area contributed by atoms with Crippen molar-refractivity contribution in [1.82, 2.24) is 4.90 Å². The van der Waals surface area contributed by atoms with Crippen molar-refractivity contribution in [2.75, 3.05) is 13.6 Å². The molecule has 14 heavy (non-hydrogen) atoms. The molecule has 0 saturated heterocycles. The topological polar surface area (TPSA) is 146 Å². The maximum atomic E-state index is 10.7. The summed E-state index contributed by atoms with van der Waals surface area (Å²) in [6.07, 6.45) is 0. The second-order valence-corrected chi connectivity index (χ2v) is 3.39. The van der Waals surface area contributed by atoms with Gasteiger partial charge in [0.25, 0.3) is 0 Å². The van der Waals surface area contributed by atoms with Crippen LogP contribution in [0.2, 0.25) is 0 Å². The first-order valence-electron chi connectivity index (χ1n) is 3.22. The van der Waals surface area contributed by atoms with E-state index in [1.807, 2.05) is 0 Å². The van der Waals surface area contributed by atoms with E-state index in [0.29, 0.717) is 0 Å². The maximum absolute atomic E-state index is 10.7. The van der Waals surface area contributed by atoms with Crippen LogP contribution in [0.4, 0.5) is 0 Å². The fourth-order valence-electron chi connectivity index (χ4n) is 0.395. The molecule has 0 aromatic rings. The van der Waals surface area contributed by atoms with E-state index in [0.717, 1.165) is 4.90 Å². The van der Waals surface area contributed by atoms with Crippen LogP contribution in [0.25, 0.3) is 0 Å². The van der Waals surface area contributed by atoms with Crippen molar-refractivity contribution in [3.63, 3.8) is 0 Å². The largest absolute Gasteiger partial charge is 0.505 e. The predicted octanol–water partition coefficient (Wildman–Crippen LogP) is -1.62. The third-order valence-corrected chi connectivity index (χ3v) is 1.27. The number of guanidine groups is 1. The molecule has 0 aromatic carbocycles. The molecule has 0 aliphatic carbocycles. The normalized spacial score (nSPS) is 10.8. The lowest BCUT2D eigenvalue weighted by molar-refractivity contribution is -0.222. The number of hydrogen-bond donors (Lipinski definition) is 4. The van der Waals surface area contributed by atoms with Gasteiger partial charge in [0.15, 0.2) is 5.96 Å². The number of hydrogen-bond acceptors (Lipinski definition) is 5. The second kappa shape index (κ2) is 4.91. The van der Waals surface area contributed by atoms with Gasteiger partial charge in [-0.05, 0) is 0 Å². The number of nitrogens with zero attached hydrogens (tertiary/aromatic N) is 1. The quantitative estimate of drug-likeness (QED) is 0.147. The summed E-state index contributed by atoms with van der Waals surface area (Å²) in [6, 6.07) is 0. The van der Waals surface area contributed by atoms with Gasteiger partial charge in [-0.15, -0.1) is 0 Å². The molecule has 10 heteroatoms. The van der Waals surface area contributed by atoms with Crippen LogP contribution in [0, 0.1) is 5.41 Å². The summed E-state index contributed by atoms with van der Waals surface area (Å²) in [6.45, 7) is -0.449. The second-order valence-electron chi connectivity index (χ2n) is 2.26. The van der Waals surface area contributed by atoms with Crippen LogP contribution in [0.15, 0.2) is 0 Å². The highest BCUT2D eigenvalue weighted by molar-refractivity contribution is 7.46. The Bertz CT molecular complexity index is 274. The molecule has 0 fully saturated rings. The Morgan fingerprint density at radius 3 is 2.50 bits per heavy atom. The number of likely N-dealkylation sites (N-methyl/N-ethyl adjacent to an activating group) is 1. The molecule has 0 aromatic heterocycles. The van der Waals surface area contributed by atoms with Gasteiger partial charge in [-0.25, -0.2) is 9.36 Å². The summed E-state index contributed by atoms with van der Waals surface area (Å²) < 4.78 is 13.5. The minimum absolute atomic E-state index is 0.391. The molecule has 0 spiro atoms. The number of nitrogens with two attached hydrogens (primary N) is 1. The van der Waals surface area contributed by atoms with Gasteiger partial charge < -0.3 is 20.4 Å². The number of rotatable bonds is 4. The van der Waals surface area contributed by atoms with Gasteiger partial charge in [-0.3, -0.25) is 10.3 Å². The first-order valence-corrected chi connectivity index (χ1v) is 4.75. The van der Waals surface area contributed by atoms with E-state index in [1.54, 1.807) is 0 Å². The molecule has 0 aliphatic heterocycles. The Morgan fingerprint density at radius 2 is 2.14 bits per heavy atom. The molecule has 0 atom stereocenters. The maximum Gasteiger partial charge on any atom is 0.505 e. The van der Waals surface area contributed by atoms with Gasteiger partial charge in [-0.1, -0.05) is 4.67 Å². The lowest BCUT2D eigenvalue weighted by Gasteiger charge is -2.14. The molecule has 0 heterocycles. The van der Waals surface area contributed by atoms with Gasteiger partial charge in [0, 0.05) is 7.05 Å². The highest BCUT2D eigenvalue weighted by Crippen LogP contribution is 2.35. The van der Waals surface area contributed by atoms with E-state index in [9.17, 15) is 9.36 Å². The van der Waals surface area contributed by atoms with E-state index >= 15 is 0 Å². The van der Waals surface area contributed by atoms with Crippen molar-refractivity contribution in [2.24, 2.45) is 5.73 Å². The molecule has 0 radical (unpaired) electrons. The van der Waals surface area contributed by atoms with Crippen molar-refractivity contribution in [2.45, 2.75) is 0 Å². The highest BCUT2D eigenvalue weighted by atomic mass is 31.2. The highest BCUT2D eigenvalue weighted by Gasteiger charge is 2.19. The van der Waals surface area contributed by atoms with E-state index in [4.69, 9.17) is 20.9 Å². The molecule has 0 saturated carbocycles. The zero-order valence-electron chi connectivity index (χ0n) is 7.21. The molecule has 5 N–H and O–H groups in total. The SMILES string of the molecule is CN(CC(=O)OOP(=O)(O)O)C(=N)N. The van der Waals surface area contributed by atoms with Gasteiger partial charge >= 0.3 is 13.8 Å². The van der Waals surface area contributed by atoms with E-state index in [2.05, 4.69) is 9.56 Å². The number of carbonyl (C=O) groups is 1. The molecule has 0 aliphatic rings.